The van der Waals surface area contributed by atoms with Crippen LogP contribution < -0.4 is 10.0 Å². The lowest BCUT2D eigenvalue weighted by molar-refractivity contribution is -0.463. The number of aliphatic imine (C=N–C) groups is 1. The fraction of sp³-hybridized carbons (Fsp3) is 0.500. The Morgan fingerprint density at radius 1 is 1.14 bits per heavy atom. The summed E-state index contributed by atoms with van der Waals surface area (Å²) >= 11 is 0. The number of ketones is 1. The van der Waals surface area contributed by atoms with E-state index in [4.69, 9.17) is 0 Å². The molecule has 3 aliphatic carbocycles. The van der Waals surface area contributed by atoms with Crippen molar-refractivity contribution in [2.24, 2.45) is 21.7 Å². The van der Waals surface area contributed by atoms with E-state index in [1.807, 2.05) is 44.2 Å². The number of aliphatic carboxylic acids is 1. The topological polar surface area (TPSA) is 168 Å². The molecule has 0 aliphatic heterocycles. The van der Waals surface area contributed by atoms with Crippen molar-refractivity contribution >= 4 is 33.3 Å². The van der Waals surface area contributed by atoms with Gasteiger partial charge < -0.3 is 10.4 Å². The van der Waals surface area contributed by atoms with Crippen LogP contribution in [0.2, 0.25) is 0 Å². The van der Waals surface area contributed by atoms with Crippen LogP contribution in [0.1, 0.15) is 51.5 Å². The Morgan fingerprint density at radius 3 is 2.43 bits per heavy atom. The van der Waals surface area contributed by atoms with Gasteiger partial charge in [-0.3, -0.25) is 24.7 Å². The van der Waals surface area contributed by atoms with E-state index in [2.05, 4.69) is 15.0 Å². The van der Waals surface area contributed by atoms with Gasteiger partial charge in [-0.25, -0.2) is 13.1 Å². The summed E-state index contributed by atoms with van der Waals surface area (Å²) in [6, 6.07) is 13.2. The number of carbonyl (C=O) groups is 2. The molecule has 3 aliphatic rings. The molecular weight excluding hydrogens is 560 g/mol. The van der Waals surface area contributed by atoms with Gasteiger partial charge in [0.05, 0.1) is 11.8 Å². The molecule has 11 nitrogen and oxygen atoms in total. The monoisotopic (exact) mass is 596 g/mol. The van der Waals surface area contributed by atoms with E-state index in [-0.39, 0.29) is 30.7 Å². The molecule has 2 aromatic rings. The number of fused-ring (bicyclic) bond motifs is 2. The van der Waals surface area contributed by atoms with Gasteiger partial charge in [-0.05, 0) is 72.3 Å². The summed E-state index contributed by atoms with van der Waals surface area (Å²) in [5.74, 6) is -1.27. The van der Waals surface area contributed by atoms with Crippen molar-refractivity contribution in [2.45, 2.75) is 64.5 Å². The summed E-state index contributed by atoms with van der Waals surface area (Å²) in [5, 5.41) is 24.0. The first kappa shape index (κ1) is 29.8. The Hall–Kier alpha value is -3.64. The SMILES string of the molecule is CC1(C)[C@H]2CCC1(CS(=O)(=O)N[C@@H](Cc1ccc(-c3cccc(NC(C[N+](=O)[O-])=NC4CC4)c3)cc1)C(=O)O)C(=O)C2. The van der Waals surface area contributed by atoms with Crippen LogP contribution in [0, 0.1) is 26.9 Å². The van der Waals surface area contributed by atoms with Crippen LogP contribution in [0.3, 0.4) is 0 Å². The molecule has 12 heteroatoms. The van der Waals surface area contributed by atoms with Crippen molar-refractivity contribution in [2.75, 3.05) is 17.6 Å². The van der Waals surface area contributed by atoms with E-state index in [0.29, 0.717) is 29.9 Å². The van der Waals surface area contributed by atoms with E-state index in [9.17, 15) is 33.2 Å². The standard InChI is InChI=1S/C30H36N4O7S/c1-29(2)22-12-13-30(29,26(35)16-22)18-42(40,41)33-25(28(36)37)14-19-6-8-20(9-7-19)21-4-3-5-24(15-21)32-27(17-34(38)39)31-23-10-11-23/h3-9,15,22-23,25,33H,10-14,16-18H2,1-2H3,(H,31,32)(H,36,37)/t22-,25-,30?/m0/s1. The molecule has 3 N–H and O–H groups in total. The number of nitrogens with zero attached hydrogens (tertiary/aromatic N) is 2. The minimum absolute atomic E-state index is 0.0416. The molecule has 2 bridgehead atoms. The zero-order valence-electron chi connectivity index (χ0n) is 23.7. The highest BCUT2D eigenvalue weighted by molar-refractivity contribution is 7.89. The summed E-state index contributed by atoms with van der Waals surface area (Å²) < 4.78 is 28.8. The van der Waals surface area contributed by atoms with Gasteiger partial charge in [0, 0.05) is 22.4 Å². The van der Waals surface area contributed by atoms with Crippen LogP contribution in [0.4, 0.5) is 5.69 Å². The average molecular weight is 597 g/mol. The number of benzene rings is 2. The number of hydrogen-bond donors (Lipinski definition) is 3. The predicted molar refractivity (Wildman–Crippen MR) is 158 cm³/mol. The molecular formula is C30H36N4O7S. The minimum Gasteiger partial charge on any atom is -0.480 e. The number of carboxylic acids is 1. The molecule has 1 unspecified atom stereocenters. The summed E-state index contributed by atoms with van der Waals surface area (Å²) in [4.78, 5) is 39.9. The maximum Gasteiger partial charge on any atom is 0.322 e. The van der Waals surface area contributed by atoms with Crippen LogP contribution in [-0.4, -0.2) is 60.4 Å². The first-order valence-corrected chi connectivity index (χ1v) is 15.8. The van der Waals surface area contributed by atoms with E-state index >= 15 is 0 Å². The smallest absolute Gasteiger partial charge is 0.322 e. The normalized spacial score (nSPS) is 24.0. The number of sulfonamides is 1. The highest BCUT2D eigenvalue weighted by Gasteiger charge is 2.65. The van der Waals surface area contributed by atoms with E-state index in [1.54, 1.807) is 18.2 Å². The van der Waals surface area contributed by atoms with Crippen LogP contribution in [0.25, 0.3) is 11.1 Å². The first-order chi connectivity index (χ1) is 19.8. The molecule has 3 saturated carbocycles. The molecule has 0 amide bonds. The van der Waals surface area contributed by atoms with Gasteiger partial charge in [0.2, 0.25) is 10.0 Å². The van der Waals surface area contributed by atoms with E-state index in [0.717, 1.165) is 30.4 Å². The van der Waals surface area contributed by atoms with Gasteiger partial charge in [0.15, 0.2) is 5.84 Å². The minimum atomic E-state index is -4.07. The molecule has 0 heterocycles. The van der Waals surface area contributed by atoms with Gasteiger partial charge in [-0.2, -0.15) is 0 Å². The number of Topliss-reactive ketones (excluding diaryl/α,β-unsaturated/α-hetero) is 1. The van der Waals surface area contributed by atoms with Crippen molar-refractivity contribution in [1.29, 1.82) is 0 Å². The molecule has 0 spiro atoms. The first-order valence-electron chi connectivity index (χ1n) is 14.2. The molecule has 2 aromatic carbocycles. The number of carboxylic acid groups (broad SMARTS) is 1. The summed E-state index contributed by atoms with van der Waals surface area (Å²) in [6.07, 6.45) is 3.48. The van der Waals surface area contributed by atoms with Crippen molar-refractivity contribution in [1.82, 2.24) is 4.72 Å². The Balaban J connectivity index is 1.26. The number of nitrogens with one attached hydrogen (secondary N) is 2. The molecule has 3 fully saturated rings. The van der Waals surface area contributed by atoms with Gasteiger partial charge >= 0.3 is 5.97 Å². The molecule has 3 atom stereocenters. The lowest BCUT2D eigenvalue weighted by Gasteiger charge is -2.36. The second-order valence-corrected chi connectivity index (χ2v) is 14.1. The third kappa shape index (κ3) is 6.24. The molecule has 0 saturated heterocycles. The highest BCUT2D eigenvalue weighted by atomic mass is 32.2. The zero-order chi connectivity index (χ0) is 30.3. The van der Waals surface area contributed by atoms with Gasteiger partial charge in [0.1, 0.15) is 11.8 Å². The number of carbonyl (C=O) groups excluding carboxylic acids is 1. The third-order valence-corrected chi connectivity index (χ3v) is 10.8. The molecule has 0 radical (unpaired) electrons. The van der Waals surface area contributed by atoms with Crippen molar-refractivity contribution in [3.05, 3.63) is 64.2 Å². The summed E-state index contributed by atoms with van der Waals surface area (Å²) in [5.41, 5.74) is 1.54. The molecule has 5 rings (SSSR count). The van der Waals surface area contributed by atoms with Crippen LogP contribution in [-0.2, 0) is 26.0 Å². The van der Waals surface area contributed by atoms with E-state index in [1.165, 1.54) is 0 Å². The molecule has 0 aromatic heterocycles. The fourth-order valence-corrected chi connectivity index (χ4v) is 8.57. The number of amidine groups is 1. The highest BCUT2D eigenvalue weighted by Crippen LogP contribution is 2.64. The van der Waals surface area contributed by atoms with Crippen LogP contribution in [0.5, 0.6) is 0 Å². The second-order valence-electron chi connectivity index (χ2n) is 12.3. The lowest BCUT2D eigenvalue weighted by Crippen LogP contribution is -2.49. The Kier molecular flexibility index (Phi) is 7.97. The molecule has 224 valence electrons. The number of anilines is 1. The quantitative estimate of drug-likeness (QED) is 0.143. The Bertz CT molecular complexity index is 1530. The average Bonchev–Trinajstić information content (AvgIpc) is 3.66. The van der Waals surface area contributed by atoms with Crippen molar-refractivity contribution in [3.63, 3.8) is 0 Å². The lowest BCUT2D eigenvalue weighted by atomic mass is 9.70. The number of rotatable bonds is 12. The second kappa shape index (κ2) is 11.2. The fourth-order valence-electron chi connectivity index (χ4n) is 6.54. The van der Waals surface area contributed by atoms with Gasteiger partial charge in [0.25, 0.3) is 6.54 Å². The third-order valence-electron chi connectivity index (χ3n) is 9.24. The maximum atomic E-state index is 13.2. The molecule has 42 heavy (non-hydrogen) atoms. The van der Waals surface area contributed by atoms with Crippen molar-refractivity contribution < 1.29 is 28.0 Å². The summed E-state index contributed by atoms with van der Waals surface area (Å²) in [7, 11) is -4.07. The van der Waals surface area contributed by atoms with E-state index < -0.39 is 43.5 Å². The van der Waals surface area contributed by atoms with Crippen LogP contribution in [0.15, 0.2) is 53.5 Å². The van der Waals surface area contributed by atoms with Crippen LogP contribution >= 0.6 is 0 Å². The Morgan fingerprint density at radius 2 is 1.86 bits per heavy atom. The van der Waals surface area contributed by atoms with Gasteiger partial charge in [-0.15, -0.1) is 0 Å². The number of hydrogen-bond acceptors (Lipinski definition) is 7. The number of nitro groups is 1. The van der Waals surface area contributed by atoms with Gasteiger partial charge in [-0.1, -0.05) is 50.2 Å². The predicted octanol–water partition coefficient (Wildman–Crippen LogP) is 3.91. The largest absolute Gasteiger partial charge is 0.480 e. The Labute approximate surface area is 245 Å². The maximum absolute atomic E-state index is 13.2. The van der Waals surface area contributed by atoms with Crippen molar-refractivity contribution in [3.8, 4) is 11.1 Å². The zero-order valence-corrected chi connectivity index (χ0v) is 24.5. The summed E-state index contributed by atoms with van der Waals surface area (Å²) in [6.45, 7) is 3.50.